The van der Waals surface area contributed by atoms with Crippen LogP contribution in [-0.2, 0) is 21.4 Å². The van der Waals surface area contributed by atoms with Crippen molar-refractivity contribution in [3.05, 3.63) is 59.7 Å². The van der Waals surface area contributed by atoms with Gasteiger partial charge in [0.15, 0.2) is 0 Å². The van der Waals surface area contributed by atoms with E-state index in [1.54, 1.807) is 17.0 Å². The Kier molecular flexibility index (Phi) is 7.71. The fourth-order valence-electron chi connectivity index (χ4n) is 3.21. The highest BCUT2D eigenvalue weighted by molar-refractivity contribution is 7.98. The second-order valence-corrected chi connectivity index (χ2v) is 9.41. The van der Waals surface area contributed by atoms with E-state index in [-0.39, 0.29) is 24.0 Å². The summed E-state index contributed by atoms with van der Waals surface area (Å²) in [6.07, 6.45) is 3.86. The highest BCUT2D eigenvalue weighted by Gasteiger charge is 2.24. The highest BCUT2D eigenvalue weighted by atomic mass is 32.2. The largest absolute Gasteiger partial charge is 0.375 e. The number of ether oxygens (including phenoxy) is 1. The molecule has 1 fully saturated rings. The molecular weight excluding hydrogens is 408 g/mol. The van der Waals surface area contributed by atoms with Gasteiger partial charge in [-0.1, -0.05) is 30.3 Å². The molecule has 29 heavy (non-hydrogen) atoms. The summed E-state index contributed by atoms with van der Waals surface area (Å²) in [5.41, 5.74) is 1.48. The Labute approximate surface area is 176 Å². The quantitative estimate of drug-likeness (QED) is 0.485. The second-order valence-electron chi connectivity index (χ2n) is 6.80. The highest BCUT2D eigenvalue weighted by Crippen LogP contribution is 2.26. The van der Waals surface area contributed by atoms with Gasteiger partial charge in [-0.15, -0.1) is 11.8 Å². The predicted octanol–water partition coefficient (Wildman–Crippen LogP) is 3.14. The summed E-state index contributed by atoms with van der Waals surface area (Å²) < 4.78 is 33.4. The molecule has 8 heteroatoms. The number of carbonyl (C=O) groups is 1. The molecule has 1 amide bonds. The van der Waals surface area contributed by atoms with E-state index in [2.05, 4.69) is 4.72 Å². The maximum absolute atomic E-state index is 12.8. The van der Waals surface area contributed by atoms with Crippen molar-refractivity contribution in [3.63, 3.8) is 0 Å². The molecule has 1 aliphatic heterocycles. The number of amides is 1. The number of rotatable bonds is 9. The maximum Gasteiger partial charge on any atom is 0.255 e. The standard InChI is InChI=1S/C21H26N2O4S2/c1-28-20-10-9-18(15-19(20)21(24)23-12-5-6-13-23)29(25,26)22-11-14-27-16-17-7-3-2-4-8-17/h2-4,7-10,15,22H,5-6,11-14,16H2,1H3. The molecule has 2 aromatic carbocycles. The van der Waals surface area contributed by atoms with Crippen LogP contribution >= 0.6 is 11.8 Å². The van der Waals surface area contributed by atoms with Gasteiger partial charge in [0, 0.05) is 24.5 Å². The minimum atomic E-state index is -3.72. The number of sulfonamides is 1. The molecule has 1 N–H and O–H groups in total. The number of likely N-dealkylation sites (tertiary alicyclic amines) is 1. The molecule has 1 aliphatic rings. The van der Waals surface area contributed by atoms with Gasteiger partial charge in [0.1, 0.15) is 0 Å². The molecule has 1 heterocycles. The number of nitrogens with one attached hydrogen (secondary N) is 1. The smallest absolute Gasteiger partial charge is 0.255 e. The van der Waals surface area contributed by atoms with Crippen molar-refractivity contribution in [2.45, 2.75) is 29.2 Å². The normalized spacial score (nSPS) is 14.3. The lowest BCUT2D eigenvalue weighted by atomic mass is 10.2. The van der Waals surface area contributed by atoms with Gasteiger partial charge in [0.2, 0.25) is 10.0 Å². The van der Waals surface area contributed by atoms with Gasteiger partial charge in [0.05, 0.1) is 23.7 Å². The van der Waals surface area contributed by atoms with Crippen LogP contribution in [0.1, 0.15) is 28.8 Å². The molecule has 156 valence electrons. The fraction of sp³-hybridized carbons (Fsp3) is 0.381. The first-order valence-corrected chi connectivity index (χ1v) is 12.3. The molecular formula is C21H26N2O4S2. The Morgan fingerprint density at radius 3 is 2.55 bits per heavy atom. The van der Waals surface area contributed by atoms with Crippen molar-refractivity contribution in [1.82, 2.24) is 9.62 Å². The summed E-state index contributed by atoms with van der Waals surface area (Å²) in [5, 5.41) is 0. The van der Waals surface area contributed by atoms with Crippen LogP contribution in [0.25, 0.3) is 0 Å². The van der Waals surface area contributed by atoms with Gasteiger partial charge in [-0.05, 0) is 42.9 Å². The SMILES string of the molecule is CSc1ccc(S(=O)(=O)NCCOCc2ccccc2)cc1C(=O)N1CCCC1. The van der Waals surface area contributed by atoms with Crippen molar-refractivity contribution in [3.8, 4) is 0 Å². The molecule has 0 radical (unpaired) electrons. The van der Waals surface area contributed by atoms with E-state index in [1.807, 2.05) is 36.6 Å². The molecule has 0 aliphatic carbocycles. The van der Waals surface area contributed by atoms with Gasteiger partial charge < -0.3 is 9.64 Å². The van der Waals surface area contributed by atoms with Crippen LogP contribution in [0.4, 0.5) is 0 Å². The third-order valence-electron chi connectivity index (χ3n) is 4.75. The van der Waals surface area contributed by atoms with Crippen molar-refractivity contribution in [2.24, 2.45) is 0 Å². The van der Waals surface area contributed by atoms with E-state index in [0.717, 1.165) is 36.4 Å². The number of hydrogen-bond donors (Lipinski definition) is 1. The number of nitrogens with zero attached hydrogens (tertiary/aromatic N) is 1. The molecule has 1 saturated heterocycles. The lowest BCUT2D eigenvalue weighted by Gasteiger charge is -2.18. The van der Waals surface area contributed by atoms with Gasteiger partial charge in [-0.25, -0.2) is 13.1 Å². The van der Waals surface area contributed by atoms with Crippen LogP contribution < -0.4 is 4.72 Å². The Bertz CT molecular complexity index is 927. The van der Waals surface area contributed by atoms with Crippen molar-refractivity contribution in [1.29, 1.82) is 0 Å². The first kappa shape index (κ1) is 21.8. The second kappa shape index (κ2) is 10.2. The van der Waals surface area contributed by atoms with Crippen LogP contribution in [0, 0.1) is 0 Å². The zero-order valence-electron chi connectivity index (χ0n) is 16.5. The first-order chi connectivity index (χ1) is 14.0. The molecule has 0 spiro atoms. The summed E-state index contributed by atoms with van der Waals surface area (Å²) in [7, 11) is -3.72. The maximum atomic E-state index is 12.8. The minimum absolute atomic E-state index is 0.0981. The van der Waals surface area contributed by atoms with Crippen LogP contribution in [0.5, 0.6) is 0 Å². The molecule has 6 nitrogen and oxygen atoms in total. The lowest BCUT2D eigenvalue weighted by molar-refractivity contribution is 0.0789. The third-order valence-corrected chi connectivity index (χ3v) is 7.01. The lowest BCUT2D eigenvalue weighted by Crippen LogP contribution is -2.30. The van der Waals surface area contributed by atoms with E-state index in [9.17, 15) is 13.2 Å². The topological polar surface area (TPSA) is 75.7 Å². The molecule has 0 unspecified atom stereocenters. The van der Waals surface area contributed by atoms with Gasteiger partial charge in [0.25, 0.3) is 5.91 Å². The Hall–Kier alpha value is -1.87. The van der Waals surface area contributed by atoms with Crippen molar-refractivity contribution in [2.75, 3.05) is 32.5 Å². The summed E-state index contributed by atoms with van der Waals surface area (Å²) in [5.74, 6) is -0.102. The summed E-state index contributed by atoms with van der Waals surface area (Å²) in [4.78, 5) is 15.5. The monoisotopic (exact) mass is 434 g/mol. The summed E-state index contributed by atoms with van der Waals surface area (Å²) >= 11 is 1.44. The van der Waals surface area contributed by atoms with E-state index < -0.39 is 10.0 Å². The first-order valence-electron chi connectivity index (χ1n) is 9.60. The molecule has 0 saturated carbocycles. The van der Waals surface area contributed by atoms with Crippen LogP contribution in [0.2, 0.25) is 0 Å². The molecule has 0 bridgehead atoms. The third kappa shape index (κ3) is 5.82. The van der Waals surface area contributed by atoms with Gasteiger partial charge in [-0.3, -0.25) is 4.79 Å². The Balaban J connectivity index is 1.61. The van der Waals surface area contributed by atoms with Crippen molar-refractivity contribution >= 4 is 27.7 Å². The van der Waals surface area contributed by atoms with Gasteiger partial charge in [-0.2, -0.15) is 0 Å². The predicted molar refractivity (Wildman–Crippen MR) is 115 cm³/mol. The Morgan fingerprint density at radius 2 is 1.86 bits per heavy atom. The average molecular weight is 435 g/mol. The van der Waals surface area contributed by atoms with E-state index in [1.165, 1.54) is 17.8 Å². The van der Waals surface area contributed by atoms with Crippen LogP contribution in [-0.4, -0.2) is 51.7 Å². The number of carbonyl (C=O) groups excluding carboxylic acids is 1. The van der Waals surface area contributed by atoms with E-state index in [0.29, 0.717) is 12.2 Å². The average Bonchev–Trinajstić information content (AvgIpc) is 3.28. The summed E-state index contributed by atoms with van der Waals surface area (Å²) in [6, 6.07) is 14.4. The zero-order valence-corrected chi connectivity index (χ0v) is 18.1. The number of hydrogen-bond acceptors (Lipinski definition) is 5. The zero-order chi connectivity index (χ0) is 20.7. The molecule has 2 aromatic rings. The fourth-order valence-corrected chi connectivity index (χ4v) is 4.82. The van der Waals surface area contributed by atoms with Crippen LogP contribution in [0.3, 0.4) is 0 Å². The molecule has 0 aromatic heterocycles. The summed E-state index contributed by atoms with van der Waals surface area (Å²) in [6.45, 7) is 2.30. The molecule has 3 rings (SSSR count). The Morgan fingerprint density at radius 1 is 1.14 bits per heavy atom. The number of benzene rings is 2. The van der Waals surface area contributed by atoms with Gasteiger partial charge >= 0.3 is 0 Å². The van der Waals surface area contributed by atoms with E-state index >= 15 is 0 Å². The minimum Gasteiger partial charge on any atom is -0.375 e. The molecule has 0 atom stereocenters. The van der Waals surface area contributed by atoms with E-state index in [4.69, 9.17) is 4.74 Å². The number of thioether (sulfide) groups is 1. The van der Waals surface area contributed by atoms with Crippen molar-refractivity contribution < 1.29 is 17.9 Å². The van der Waals surface area contributed by atoms with Crippen LogP contribution in [0.15, 0.2) is 58.3 Å².